The first kappa shape index (κ1) is 18.3. The van der Waals surface area contributed by atoms with E-state index < -0.39 is 0 Å². The second-order valence-corrected chi connectivity index (χ2v) is 8.12. The van der Waals surface area contributed by atoms with E-state index in [9.17, 15) is 0 Å². The van der Waals surface area contributed by atoms with Crippen LogP contribution in [-0.4, -0.2) is 9.78 Å². The van der Waals surface area contributed by atoms with Crippen molar-refractivity contribution in [2.24, 2.45) is 0 Å². The summed E-state index contributed by atoms with van der Waals surface area (Å²) >= 11 is 8.11. The van der Waals surface area contributed by atoms with Gasteiger partial charge in [0.2, 0.25) is 5.52 Å². The minimum absolute atomic E-state index is 0. The molecular formula is C20H18Cl2N4S. The van der Waals surface area contributed by atoms with Gasteiger partial charge in [0.05, 0.1) is 11.4 Å². The van der Waals surface area contributed by atoms with Crippen LogP contribution in [-0.2, 0) is 13.0 Å². The normalized spacial score (nSPS) is 13.0. The Balaban J connectivity index is 0.00000180. The zero-order valence-electron chi connectivity index (χ0n) is 14.7. The molecule has 1 aliphatic heterocycles. The Bertz CT molecular complexity index is 1160. The number of anilines is 1. The second kappa shape index (κ2) is 6.82. The molecule has 0 unspecified atom stereocenters. The predicted octanol–water partition coefficient (Wildman–Crippen LogP) is 1.54. The van der Waals surface area contributed by atoms with Gasteiger partial charge < -0.3 is 18.1 Å². The summed E-state index contributed by atoms with van der Waals surface area (Å²) in [6.07, 6.45) is 1.98. The highest BCUT2D eigenvalue weighted by atomic mass is 35.5. The molecule has 7 heteroatoms. The van der Waals surface area contributed by atoms with Gasteiger partial charge in [-0.1, -0.05) is 41.1 Å². The molecule has 3 heterocycles. The third kappa shape index (κ3) is 2.81. The molecule has 0 amide bonds. The summed E-state index contributed by atoms with van der Waals surface area (Å²) in [4.78, 5) is 0. The number of aromatic nitrogens is 3. The van der Waals surface area contributed by atoms with E-state index in [-0.39, 0.29) is 12.4 Å². The van der Waals surface area contributed by atoms with E-state index in [1.807, 2.05) is 29.8 Å². The molecule has 2 aromatic heterocycles. The number of hydrogen-bond acceptors (Lipinski definition) is 3. The van der Waals surface area contributed by atoms with Crippen LogP contribution < -0.4 is 22.7 Å². The summed E-state index contributed by atoms with van der Waals surface area (Å²) < 4.78 is 5.49. The number of fused-ring (bicyclic) bond motifs is 5. The molecule has 4 aromatic rings. The predicted molar refractivity (Wildman–Crippen MR) is 107 cm³/mol. The number of para-hydroxylation sites is 1. The number of aryl methyl sites for hydroxylation is 3. The topological polar surface area (TPSA) is 47.7 Å². The standard InChI is InChI=1S/C20H17ClN4S.ClH/c1-12-8-9-13(11-14(12)21)25-19(22)18-15(23-25)5-4-10-24-16-6-2-3-7-17(16)26-20(18)24;/h2-3,6-9,11,22H,4-5,10H2,1H3;1H. The van der Waals surface area contributed by atoms with Gasteiger partial charge in [-0.15, -0.1) is 0 Å². The lowest BCUT2D eigenvalue weighted by Gasteiger charge is -2.06. The van der Waals surface area contributed by atoms with Gasteiger partial charge in [0, 0.05) is 17.5 Å². The number of hydrogen-bond donors (Lipinski definition) is 1. The molecule has 27 heavy (non-hydrogen) atoms. The lowest BCUT2D eigenvalue weighted by atomic mass is 10.2. The largest absolute Gasteiger partial charge is 1.00 e. The minimum atomic E-state index is 0. The highest BCUT2D eigenvalue weighted by molar-refractivity contribution is 7.21. The molecule has 0 saturated carbocycles. The quantitative estimate of drug-likeness (QED) is 0.478. The van der Waals surface area contributed by atoms with Crippen LogP contribution in [0.5, 0.6) is 0 Å². The zero-order chi connectivity index (χ0) is 17.8. The van der Waals surface area contributed by atoms with E-state index in [0.717, 1.165) is 46.9 Å². The Kier molecular flexibility index (Phi) is 4.62. The van der Waals surface area contributed by atoms with Gasteiger partial charge in [-0.25, -0.2) is 4.68 Å². The van der Waals surface area contributed by atoms with E-state index >= 15 is 0 Å². The maximum absolute atomic E-state index is 6.60. The fourth-order valence-electron chi connectivity index (χ4n) is 3.64. The maximum Gasteiger partial charge on any atom is 0.275 e. The Morgan fingerprint density at radius 3 is 2.85 bits per heavy atom. The average molecular weight is 417 g/mol. The molecule has 2 N–H and O–H groups in total. The Morgan fingerprint density at radius 1 is 1.22 bits per heavy atom. The van der Waals surface area contributed by atoms with Gasteiger partial charge in [0.15, 0.2) is 6.54 Å². The number of nitrogen functional groups attached to an aromatic ring is 1. The second-order valence-electron chi connectivity index (χ2n) is 6.68. The summed E-state index contributed by atoms with van der Waals surface area (Å²) in [6.45, 7) is 2.99. The number of halogens is 2. The smallest absolute Gasteiger partial charge is 0.275 e. The lowest BCUT2D eigenvalue weighted by Crippen LogP contribution is -3.00. The molecule has 0 bridgehead atoms. The number of thiazole rings is 1. The van der Waals surface area contributed by atoms with Crippen LogP contribution in [0.15, 0.2) is 42.5 Å². The molecule has 0 fully saturated rings. The molecule has 0 aliphatic carbocycles. The summed E-state index contributed by atoms with van der Waals surface area (Å²) in [6, 6.07) is 14.5. The number of nitrogens with two attached hydrogens (primary N) is 1. The van der Waals surface area contributed by atoms with Crippen molar-refractivity contribution >= 4 is 39.0 Å². The average Bonchev–Trinajstić information content (AvgIpc) is 3.09. The fraction of sp³-hybridized carbons (Fsp3) is 0.200. The molecule has 5 rings (SSSR count). The van der Waals surface area contributed by atoms with Gasteiger partial charge in [-0.05, 0) is 37.1 Å². The van der Waals surface area contributed by atoms with Gasteiger partial charge in [-0.2, -0.15) is 9.67 Å². The zero-order valence-corrected chi connectivity index (χ0v) is 17.1. The third-order valence-corrected chi connectivity index (χ3v) is 6.60. The summed E-state index contributed by atoms with van der Waals surface area (Å²) in [5, 5.41) is 6.77. The first-order valence-electron chi connectivity index (χ1n) is 8.69. The van der Waals surface area contributed by atoms with Crippen molar-refractivity contribution < 1.29 is 17.0 Å². The Labute approximate surface area is 172 Å². The molecular weight excluding hydrogens is 399 g/mol. The molecule has 0 saturated heterocycles. The van der Waals surface area contributed by atoms with Crippen molar-refractivity contribution in [1.29, 1.82) is 0 Å². The highest BCUT2D eigenvalue weighted by Gasteiger charge is 2.32. The van der Waals surface area contributed by atoms with Gasteiger partial charge in [0.1, 0.15) is 16.1 Å². The summed E-state index contributed by atoms with van der Waals surface area (Å²) in [5.41, 5.74) is 12.0. The first-order chi connectivity index (χ1) is 12.6. The van der Waals surface area contributed by atoms with E-state index in [0.29, 0.717) is 5.82 Å². The first-order valence-corrected chi connectivity index (χ1v) is 9.88. The highest BCUT2D eigenvalue weighted by Crippen LogP contribution is 2.38. The third-order valence-electron chi connectivity index (χ3n) is 5.01. The van der Waals surface area contributed by atoms with E-state index in [2.05, 4.69) is 28.8 Å². The van der Waals surface area contributed by atoms with Crippen molar-refractivity contribution in [2.75, 3.05) is 5.73 Å². The summed E-state index contributed by atoms with van der Waals surface area (Å²) in [7, 11) is 0. The minimum Gasteiger partial charge on any atom is -1.00 e. The van der Waals surface area contributed by atoms with Gasteiger partial charge in [-0.3, -0.25) is 0 Å². The van der Waals surface area contributed by atoms with E-state index in [4.69, 9.17) is 22.4 Å². The van der Waals surface area contributed by atoms with Crippen molar-refractivity contribution in [1.82, 2.24) is 9.78 Å². The molecule has 138 valence electrons. The number of nitrogens with zero attached hydrogens (tertiary/aromatic N) is 3. The van der Waals surface area contributed by atoms with E-state index in [1.54, 1.807) is 11.3 Å². The maximum atomic E-state index is 6.60. The van der Waals surface area contributed by atoms with Crippen molar-refractivity contribution in [3.05, 3.63) is 58.7 Å². The van der Waals surface area contributed by atoms with Gasteiger partial charge >= 0.3 is 0 Å². The van der Waals surface area contributed by atoms with Crippen LogP contribution in [0.1, 0.15) is 17.7 Å². The number of rotatable bonds is 1. The van der Waals surface area contributed by atoms with Crippen molar-refractivity contribution in [3.63, 3.8) is 0 Å². The van der Waals surface area contributed by atoms with Crippen molar-refractivity contribution in [2.45, 2.75) is 26.3 Å². The van der Waals surface area contributed by atoms with Crippen LogP contribution in [0.25, 0.3) is 26.5 Å². The summed E-state index contributed by atoms with van der Waals surface area (Å²) in [5.74, 6) is 0.683. The van der Waals surface area contributed by atoms with Crippen LogP contribution in [0.4, 0.5) is 5.82 Å². The van der Waals surface area contributed by atoms with Crippen LogP contribution in [0.2, 0.25) is 5.02 Å². The Morgan fingerprint density at radius 2 is 2.04 bits per heavy atom. The lowest BCUT2D eigenvalue weighted by molar-refractivity contribution is -0.656. The number of benzene rings is 2. The SMILES string of the molecule is Cc1ccc(-n2nc3c(c2N)-c2sc4ccccc4[n+]2CCC3)cc1Cl.[Cl-]. The molecule has 0 atom stereocenters. The molecule has 1 aliphatic rings. The monoisotopic (exact) mass is 416 g/mol. The van der Waals surface area contributed by atoms with Crippen LogP contribution in [0, 0.1) is 6.92 Å². The van der Waals surface area contributed by atoms with Gasteiger partial charge in [0.25, 0.3) is 5.01 Å². The van der Waals surface area contributed by atoms with Crippen molar-refractivity contribution in [3.8, 4) is 16.3 Å². The van der Waals surface area contributed by atoms with Crippen LogP contribution in [0.3, 0.4) is 0 Å². The fourth-order valence-corrected chi connectivity index (χ4v) is 5.08. The van der Waals surface area contributed by atoms with Crippen LogP contribution >= 0.6 is 22.9 Å². The molecule has 4 nitrogen and oxygen atoms in total. The van der Waals surface area contributed by atoms with E-state index in [1.165, 1.54) is 15.2 Å². The molecule has 0 spiro atoms. The Hall–Kier alpha value is -2.08. The molecule has 2 aromatic carbocycles. The molecule has 0 radical (unpaired) electrons.